The van der Waals surface area contributed by atoms with Crippen LogP contribution in [-0.2, 0) is 4.74 Å². The first kappa shape index (κ1) is 15.6. The summed E-state index contributed by atoms with van der Waals surface area (Å²) in [5.41, 5.74) is 7.05. The first-order chi connectivity index (χ1) is 10.1. The molecule has 0 radical (unpaired) electrons. The predicted octanol–water partition coefficient (Wildman–Crippen LogP) is 3.17. The summed E-state index contributed by atoms with van der Waals surface area (Å²) in [6, 6.07) is 5.27. The molecule has 1 heterocycles. The molecule has 0 spiro atoms. The molecule has 0 saturated heterocycles. The van der Waals surface area contributed by atoms with Crippen LogP contribution < -0.4 is 16.4 Å². The van der Waals surface area contributed by atoms with Crippen LogP contribution in [0.5, 0.6) is 0 Å². The van der Waals surface area contributed by atoms with Crippen molar-refractivity contribution in [2.75, 3.05) is 36.6 Å². The number of ether oxygens (including phenoxy) is 1. The number of methoxy groups -OCH3 is 1. The Balaban J connectivity index is 2.20. The van der Waals surface area contributed by atoms with Crippen molar-refractivity contribution >= 4 is 46.2 Å². The van der Waals surface area contributed by atoms with Gasteiger partial charge in [0.15, 0.2) is 11.6 Å². The van der Waals surface area contributed by atoms with Crippen LogP contribution in [0.2, 0.25) is 10.0 Å². The number of halogens is 2. The van der Waals surface area contributed by atoms with Gasteiger partial charge in [0, 0.05) is 13.7 Å². The van der Waals surface area contributed by atoms with Gasteiger partial charge in [-0.2, -0.15) is 0 Å². The summed E-state index contributed by atoms with van der Waals surface area (Å²) in [5, 5.41) is 6.97. The van der Waals surface area contributed by atoms with Gasteiger partial charge in [-0.15, -0.1) is 0 Å². The minimum Gasteiger partial charge on any atom is -0.393 e. The summed E-state index contributed by atoms with van der Waals surface area (Å²) in [5.74, 6) is 0.983. The number of benzene rings is 1. The molecule has 0 amide bonds. The number of nitrogens with one attached hydrogen (secondary N) is 2. The van der Waals surface area contributed by atoms with Gasteiger partial charge in [0.25, 0.3) is 0 Å². The van der Waals surface area contributed by atoms with E-state index in [1.165, 1.54) is 6.33 Å². The number of hydrogen-bond donors (Lipinski definition) is 3. The first-order valence-electron chi connectivity index (χ1n) is 6.17. The highest BCUT2D eigenvalue weighted by Crippen LogP contribution is 2.33. The van der Waals surface area contributed by atoms with E-state index in [1.54, 1.807) is 25.3 Å². The Morgan fingerprint density at radius 3 is 2.76 bits per heavy atom. The van der Waals surface area contributed by atoms with Gasteiger partial charge in [-0.1, -0.05) is 29.3 Å². The van der Waals surface area contributed by atoms with Gasteiger partial charge in [-0.3, -0.25) is 0 Å². The van der Waals surface area contributed by atoms with Crippen molar-refractivity contribution in [2.45, 2.75) is 0 Å². The fourth-order valence-corrected chi connectivity index (χ4v) is 1.98. The lowest BCUT2D eigenvalue weighted by molar-refractivity contribution is 0.210. The van der Waals surface area contributed by atoms with Crippen molar-refractivity contribution in [3.05, 3.63) is 34.6 Å². The van der Waals surface area contributed by atoms with E-state index in [2.05, 4.69) is 20.6 Å². The Bertz CT molecular complexity index is 624. The van der Waals surface area contributed by atoms with Crippen molar-refractivity contribution in [3.8, 4) is 0 Å². The molecule has 2 rings (SSSR count). The molecule has 6 nitrogen and oxygen atoms in total. The van der Waals surface area contributed by atoms with E-state index >= 15 is 0 Å². The number of nitrogens with zero attached hydrogens (tertiary/aromatic N) is 2. The monoisotopic (exact) mass is 327 g/mol. The fraction of sp³-hybridized carbons (Fsp3) is 0.231. The summed E-state index contributed by atoms with van der Waals surface area (Å²) in [6.07, 6.45) is 1.41. The smallest absolute Gasteiger partial charge is 0.159 e. The molecular weight excluding hydrogens is 313 g/mol. The maximum atomic E-state index is 6.13. The molecule has 0 aliphatic heterocycles. The van der Waals surface area contributed by atoms with Gasteiger partial charge in [0.1, 0.15) is 12.0 Å². The minimum atomic E-state index is 0.393. The SMILES string of the molecule is COCCNc1ncnc(Nc2cccc(Cl)c2Cl)c1N. The topological polar surface area (TPSA) is 85.1 Å². The highest BCUT2D eigenvalue weighted by molar-refractivity contribution is 6.43. The van der Waals surface area contributed by atoms with Crippen LogP contribution in [0.3, 0.4) is 0 Å². The van der Waals surface area contributed by atoms with Gasteiger partial charge in [-0.05, 0) is 12.1 Å². The highest BCUT2D eigenvalue weighted by Gasteiger charge is 2.10. The molecule has 21 heavy (non-hydrogen) atoms. The normalized spacial score (nSPS) is 10.4. The number of anilines is 4. The molecule has 0 fully saturated rings. The lowest BCUT2D eigenvalue weighted by Gasteiger charge is -2.13. The number of hydrogen-bond acceptors (Lipinski definition) is 6. The van der Waals surface area contributed by atoms with Gasteiger partial charge in [-0.25, -0.2) is 9.97 Å². The standard InChI is InChI=1S/C13H15Cl2N5O/c1-21-6-5-17-12-11(16)13(19-7-18-12)20-9-4-2-3-8(14)10(9)15/h2-4,7H,5-6,16H2,1H3,(H2,17,18,19,20). The van der Waals surface area contributed by atoms with Crippen molar-refractivity contribution in [2.24, 2.45) is 0 Å². The van der Waals surface area contributed by atoms with E-state index in [-0.39, 0.29) is 0 Å². The van der Waals surface area contributed by atoms with Crippen molar-refractivity contribution in [3.63, 3.8) is 0 Å². The zero-order chi connectivity index (χ0) is 15.2. The molecular formula is C13H15Cl2N5O. The van der Waals surface area contributed by atoms with E-state index in [0.717, 1.165) is 0 Å². The molecule has 2 aromatic rings. The number of rotatable bonds is 6. The summed E-state index contributed by atoms with van der Waals surface area (Å²) < 4.78 is 4.96. The molecule has 8 heteroatoms. The van der Waals surface area contributed by atoms with Gasteiger partial charge in [0.05, 0.1) is 22.3 Å². The van der Waals surface area contributed by atoms with Gasteiger partial charge >= 0.3 is 0 Å². The maximum absolute atomic E-state index is 6.13. The number of aromatic nitrogens is 2. The summed E-state index contributed by atoms with van der Waals surface area (Å²) in [6.45, 7) is 1.14. The zero-order valence-electron chi connectivity index (χ0n) is 11.4. The summed E-state index contributed by atoms with van der Waals surface area (Å²) in [7, 11) is 1.62. The Morgan fingerprint density at radius 2 is 2.00 bits per heavy atom. The molecule has 0 bridgehead atoms. The molecule has 0 aliphatic rings. The molecule has 0 unspecified atom stereocenters. The quantitative estimate of drug-likeness (QED) is 0.706. The van der Waals surface area contributed by atoms with Crippen LogP contribution in [0, 0.1) is 0 Å². The molecule has 112 valence electrons. The second kappa shape index (κ2) is 7.31. The number of nitrogens with two attached hydrogens (primary N) is 1. The van der Waals surface area contributed by atoms with Crippen LogP contribution in [0.1, 0.15) is 0 Å². The third kappa shape index (κ3) is 3.87. The van der Waals surface area contributed by atoms with Crippen LogP contribution in [0.15, 0.2) is 24.5 Å². The van der Waals surface area contributed by atoms with Gasteiger partial charge in [0.2, 0.25) is 0 Å². The molecule has 0 aliphatic carbocycles. The van der Waals surface area contributed by atoms with Crippen LogP contribution in [-0.4, -0.2) is 30.2 Å². The van der Waals surface area contributed by atoms with Crippen LogP contribution in [0.25, 0.3) is 0 Å². The zero-order valence-corrected chi connectivity index (χ0v) is 12.9. The van der Waals surface area contributed by atoms with Crippen molar-refractivity contribution < 1.29 is 4.74 Å². The Hall–Kier alpha value is -1.76. The molecule has 4 N–H and O–H groups in total. The summed E-state index contributed by atoms with van der Waals surface area (Å²) in [4.78, 5) is 8.20. The number of nitrogen functional groups attached to an aromatic ring is 1. The molecule has 0 atom stereocenters. The average Bonchev–Trinajstić information content (AvgIpc) is 2.48. The Labute approximate surface area is 132 Å². The lowest BCUT2D eigenvalue weighted by atomic mass is 10.3. The van der Waals surface area contributed by atoms with Crippen LogP contribution >= 0.6 is 23.2 Å². The van der Waals surface area contributed by atoms with E-state index in [0.29, 0.717) is 46.2 Å². The Morgan fingerprint density at radius 1 is 1.24 bits per heavy atom. The second-order valence-corrected chi connectivity index (χ2v) is 4.92. The third-order valence-corrected chi connectivity index (χ3v) is 3.51. The largest absolute Gasteiger partial charge is 0.393 e. The molecule has 1 aromatic heterocycles. The highest BCUT2D eigenvalue weighted by atomic mass is 35.5. The van der Waals surface area contributed by atoms with E-state index < -0.39 is 0 Å². The molecule has 1 aromatic carbocycles. The van der Waals surface area contributed by atoms with Crippen molar-refractivity contribution in [1.82, 2.24) is 9.97 Å². The maximum Gasteiger partial charge on any atom is 0.159 e. The lowest BCUT2D eigenvalue weighted by Crippen LogP contribution is -2.12. The second-order valence-electron chi connectivity index (χ2n) is 4.13. The molecule has 0 saturated carbocycles. The van der Waals surface area contributed by atoms with E-state index in [9.17, 15) is 0 Å². The first-order valence-corrected chi connectivity index (χ1v) is 6.93. The third-order valence-electron chi connectivity index (χ3n) is 2.69. The average molecular weight is 328 g/mol. The van der Waals surface area contributed by atoms with Gasteiger partial charge < -0.3 is 21.1 Å². The Kier molecular flexibility index (Phi) is 5.44. The fourth-order valence-electron chi connectivity index (χ4n) is 1.64. The summed E-state index contributed by atoms with van der Waals surface area (Å²) >= 11 is 12.1. The predicted molar refractivity (Wildman–Crippen MR) is 86.6 cm³/mol. The van der Waals surface area contributed by atoms with Crippen LogP contribution in [0.4, 0.5) is 23.0 Å². The van der Waals surface area contributed by atoms with E-state index in [1.807, 2.05) is 0 Å². The minimum absolute atomic E-state index is 0.393. The van der Waals surface area contributed by atoms with E-state index in [4.69, 9.17) is 33.7 Å². The van der Waals surface area contributed by atoms with Crippen molar-refractivity contribution in [1.29, 1.82) is 0 Å².